The number of anilines is 1. The van der Waals surface area contributed by atoms with E-state index in [9.17, 15) is 0 Å². The SMILES string of the molecule is COc1ccc(C=Nn2cc(C)nc2N)cc1OCCCCl. The van der Waals surface area contributed by atoms with Gasteiger partial charge < -0.3 is 15.2 Å². The van der Waals surface area contributed by atoms with E-state index in [1.54, 1.807) is 19.5 Å². The first-order chi connectivity index (χ1) is 10.6. The monoisotopic (exact) mass is 322 g/mol. The number of halogens is 1. The van der Waals surface area contributed by atoms with Crippen molar-refractivity contribution in [2.24, 2.45) is 5.10 Å². The molecule has 0 fully saturated rings. The van der Waals surface area contributed by atoms with Gasteiger partial charge in [-0.3, -0.25) is 0 Å². The third-order valence-corrected chi connectivity index (χ3v) is 3.16. The van der Waals surface area contributed by atoms with E-state index in [4.69, 9.17) is 26.8 Å². The fraction of sp³-hybridized carbons (Fsp3) is 0.333. The Balaban J connectivity index is 2.17. The molecule has 0 atom stereocenters. The molecule has 118 valence electrons. The molecule has 0 spiro atoms. The van der Waals surface area contributed by atoms with Gasteiger partial charge in [-0.2, -0.15) is 5.10 Å². The lowest BCUT2D eigenvalue weighted by Gasteiger charge is -2.10. The third-order valence-electron chi connectivity index (χ3n) is 2.89. The van der Waals surface area contributed by atoms with Crippen LogP contribution in [0.15, 0.2) is 29.5 Å². The van der Waals surface area contributed by atoms with E-state index < -0.39 is 0 Å². The van der Waals surface area contributed by atoms with E-state index in [1.165, 1.54) is 4.68 Å². The maximum atomic E-state index is 5.74. The summed E-state index contributed by atoms with van der Waals surface area (Å²) in [5.74, 6) is 2.24. The summed E-state index contributed by atoms with van der Waals surface area (Å²) >= 11 is 5.65. The smallest absolute Gasteiger partial charge is 0.221 e. The second kappa shape index (κ2) is 7.70. The summed E-state index contributed by atoms with van der Waals surface area (Å²) in [6.45, 7) is 2.40. The molecule has 1 aromatic heterocycles. The van der Waals surface area contributed by atoms with Crippen LogP contribution in [0.2, 0.25) is 0 Å². The summed E-state index contributed by atoms with van der Waals surface area (Å²) in [6, 6.07) is 5.58. The zero-order valence-electron chi connectivity index (χ0n) is 12.6. The Morgan fingerprint density at radius 1 is 1.41 bits per heavy atom. The molecule has 1 heterocycles. The Morgan fingerprint density at radius 3 is 2.86 bits per heavy atom. The highest BCUT2D eigenvalue weighted by atomic mass is 35.5. The van der Waals surface area contributed by atoms with Crippen LogP contribution in [0, 0.1) is 6.92 Å². The highest BCUT2D eigenvalue weighted by molar-refractivity contribution is 6.17. The summed E-state index contributed by atoms with van der Waals surface area (Å²) < 4.78 is 12.5. The van der Waals surface area contributed by atoms with Gasteiger partial charge in [-0.15, -0.1) is 11.6 Å². The number of nitrogen functional groups attached to an aromatic ring is 1. The summed E-state index contributed by atoms with van der Waals surface area (Å²) in [5.41, 5.74) is 7.43. The van der Waals surface area contributed by atoms with Crippen LogP contribution in [0.1, 0.15) is 17.7 Å². The second-order valence-electron chi connectivity index (χ2n) is 4.63. The van der Waals surface area contributed by atoms with Crippen molar-refractivity contribution in [1.29, 1.82) is 0 Å². The predicted octanol–water partition coefficient (Wildman–Crippen LogP) is 2.67. The number of benzene rings is 1. The number of aryl methyl sites for hydroxylation is 1. The molecule has 0 saturated heterocycles. The number of hydrogen-bond acceptors (Lipinski definition) is 5. The Kier molecular flexibility index (Phi) is 5.66. The van der Waals surface area contributed by atoms with Crippen molar-refractivity contribution >= 4 is 23.8 Å². The van der Waals surface area contributed by atoms with Crippen LogP contribution in [0.4, 0.5) is 5.95 Å². The number of alkyl halides is 1. The summed E-state index contributed by atoms with van der Waals surface area (Å²) in [4.78, 5) is 4.09. The van der Waals surface area contributed by atoms with Gasteiger partial charge in [-0.25, -0.2) is 9.66 Å². The van der Waals surface area contributed by atoms with Crippen LogP contribution in [-0.4, -0.2) is 35.5 Å². The first kappa shape index (κ1) is 16.2. The maximum absolute atomic E-state index is 5.74. The molecule has 2 aromatic rings. The van der Waals surface area contributed by atoms with Crippen LogP contribution in [0.3, 0.4) is 0 Å². The van der Waals surface area contributed by atoms with E-state index in [0.717, 1.165) is 17.7 Å². The number of imidazole rings is 1. The number of ether oxygens (including phenoxy) is 2. The van der Waals surface area contributed by atoms with Crippen molar-refractivity contribution in [3.05, 3.63) is 35.7 Å². The molecule has 2 rings (SSSR count). The van der Waals surface area contributed by atoms with Crippen molar-refractivity contribution in [3.63, 3.8) is 0 Å². The fourth-order valence-electron chi connectivity index (χ4n) is 1.85. The molecule has 7 heteroatoms. The standard InChI is InChI=1S/C15H19ClN4O2/c1-11-10-20(15(17)19-11)18-9-12-4-5-13(21-2)14(8-12)22-7-3-6-16/h4-5,8-10H,3,6-7H2,1-2H3,(H2,17,19). The molecule has 0 unspecified atom stereocenters. The summed E-state index contributed by atoms with van der Waals surface area (Å²) in [7, 11) is 1.60. The average Bonchev–Trinajstić information content (AvgIpc) is 2.83. The molecule has 22 heavy (non-hydrogen) atoms. The van der Waals surface area contributed by atoms with Crippen LogP contribution in [0.5, 0.6) is 11.5 Å². The third kappa shape index (κ3) is 4.14. The molecular weight excluding hydrogens is 304 g/mol. The number of nitrogens with zero attached hydrogens (tertiary/aromatic N) is 3. The molecule has 0 amide bonds. The van der Waals surface area contributed by atoms with Gasteiger partial charge in [0.05, 0.1) is 31.8 Å². The van der Waals surface area contributed by atoms with Gasteiger partial charge in [0.2, 0.25) is 5.95 Å². The number of rotatable bonds is 7. The van der Waals surface area contributed by atoms with E-state index in [-0.39, 0.29) is 0 Å². The maximum Gasteiger partial charge on any atom is 0.221 e. The Morgan fingerprint density at radius 2 is 2.23 bits per heavy atom. The van der Waals surface area contributed by atoms with Crippen molar-refractivity contribution in [1.82, 2.24) is 9.66 Å². The first-order valence-electron chi connectivity index (χ1n) is 6.86. The van der Waals surface area contributed by atoms with Gasteiger partial charge in [0, 0.05) is 5.88 Å². The molecule has 1 aromatic carbocycles. The van der Waals surface area contributed by atoms with Crippen molar-refractivity contribution < 1.29 is 9.47 Å². The number of hydrogen-bond donors (Lipinski definition) is 1. The zero-order valence-corrected chi connectivity index (χ0v) is 13.4. The molecule has 0 bridgehead atoms. The van der Waals surface area contributed by atoms with E-state index in [1.807, 2.05) is 25.1 Å². The first-order valence-corrected chi connectivity index (χ1v) is 7.40. The van der Waals surface area contributed by atoms with Crippen LogP contribution < -0.4 is 15.2 Å². The Hall–Kier alpha value is -2.21. The minimum Gasteiger partial charge on any atom is -0.493 e. The second-order valence-corrected chi connectivity index (χ2v) is 5.01. The molecule has 0 aliphatic heterocycles. The molecular formula is C15H19ClN4O2. The summed E-state index contributed by atoms with van der Waals surface area (Å²) in [6.07, 6.45) is 4.21. The predicted molar refractivity (Wildman–Crippen MR) is 88.2 cm³/mol. The van der Waals surface area contributed by atoms with Gasteiger partial charge in [-0.1, -0.05) is 0 Å². The Labute approximate surface area is 134 Å². The lowest BCUT2D eigenvalue weighted by Crippen LogP contribution is -2.01. The van der Waals surface area contributed by atoms with Crippen LogP contribution >= 0.6 is 11.6 Å². The van der Waals surface area contributed by atoms with Gasteiger partial charge >= 0.3 is 0 Å². The number of nitrogens with two attached hydrogens (primary N) is 1. The van der Waals surface area contributed by atoms with E-state index >= 15 is 0 Å². The molecule has 0 aliphatic rings. The number of aromatic nitrogens is 2. The van der Waals surface area contributed by atoms with Crippen molar-refractivity contribution in [2.45, 2.75) is 13.3 Å². The molecule has 2 N–H and O–H groups in total. The zero-order chi connectivity index (χ0) is 15.9. The molecule has 0 aliphatic carbocycles. The van der Waals surface area contributed by atoms with Crippen molar-refractivity contribution in [2.75, 3.05) is 25.3 Å². The molecule has 6 nitrogen and oxygen atoms in total. The minimum absolute atomic E-state index is 0.348. The van der Waals surface area contributed by atoms with Crippen molar-refractivity contribution in [3.8, 4) is 11.5 Å². The van der Waals surface area contributed by atoms with E-state index in [2.05, 4.69) is 10.1 Å². The lowest BCUT2D eigenvalue weighted by molar-refractivity contribution is 0.295. The van der Waals surface area contributed by atoms with Gasteiger partial charge in [0.15, 0.2) is 11.5 Å². The van der Waals surface area contributed by atoms with E-state index in [0.29, 0.717) is 29.9 Å². The van der Waals surface area contributed by atoms with Crippen LogP contribution in [0.25, 0.3) is 0 Å². The quantitative estimate of drug-likeness (QED) is 0.483. The van der Waals surface area contributed by atoms with Crippen LogP contribution in [-0.2, 0) is 0 Å². The average molecular weight is 323 g/mol. The Bertz CT molecular complexity index is 655. The highest BCUT2D eigenvalue weighted by Gasteiger charge is 2.05. The summed E-state index contributed by atoms with van der Waals surface area (Å²) in [5, 5.41) is 4.28. The largest absolute Gasteiger partial charge is 0.493 e. The molecule has 0 saturated carbocycles. The number of methoxy groups -OCH3 is 1. The fourth-order valence-corrected chi connectivity index (χ4v) is 1.96. The molecule has 0 radical (unpaired) electrons. The minimum atomic E-state index is 0.348. The normalized spacial score (nSPS) is 11.0. The highest BCUT2D eigenvalue weighted by Crippen LogP contribution is 2.27. The van der Waals surface area contributed by atoms with Gasteiger partial charge in [0.25, 0.3) is 0 Å². The topological polar surface area (TPSA) is 74.7 Å². The van der Waals surface area contributed by atoms with Gasteiger partial charge in [-0.05, 0) is 37.1 Å². The van der Waals surface area contributed by atoms with Gasteiger partial charge in [0.1, 0.15) is 0 Å². The lowest BCUT2D eigenvalue weighted by atomic mass is 10.2.